The fourth-order valence-electron chi connectivity index (χ4n) is 1.51. The number of aliphatic carboxylic acids is 1. The van der Waals surface area contributed by atoms with E-state index in [1.807, 2.05) is 0 Å². The molecule has 6 heteroatoms. The Hall–Kier alpha value is -1.56. The molecular weight excluding hydrogens is 200 g/mol. The predicted octanol–water partition coefficient (Wildman–Crippen LogP) is -0.200. The normalized spacial score (nSPS) is 17.7. The molecule has 1 aromatic heterocycles. The quantitative estimate of drug-likeness (QED) is 0.640. The topological polar surface area (TPSA) is 109 Å². The summed E-state index contributed by atoms with van der Waals surface area (Å²) in [5.74, 6) is -0.269. The molecule has 0 saturated heterocycles. The lowest BCUT2D eigenvalue weighted by Crippen LogP contribution is -2.34. The second-order valence-corrected chi connectivity index (χ2v) is 3.80. The molecule has 0 spiro atoms. The van der Waals surface area contributed by atoms with Crippen molar-refractivity contribution in [3.63, 3.8) is 0 Å². The first kappa shape index (κ1) is 9.97. The summed E-state index contributed by atoms with van der Waals surface area (Å²) in [6, 6.07) is -1.05. The van der Waals surface area contributed by atoms with Crippen molar-refractivity contribution in [3.8, 4) is 0 Å². The molecule has 0 amide bonds. The van der Waals surface area contributed by atoms with E-state index in [-0.39, 0.29) is 17.9 Å². The molecule has 1 aliphatic rings. The van der Waals surface area contributed by atoms with E-state index >= 15 is 0 Å². The van der Waals surface area contributed by atoms with Crippen LogP contribution in [0.2, 0.25) is 0 Å². The van der Waals surface area contributed by atoms with Crippen molar-refractivity contribution in [3.05, 3.63) is 21.7 Å². The van der Waals surface area contributed by atoms with Gasteiger partial charge in [-0.3, -0.25) is 9.59 Å². The number of hydrogen-bond acceptors (Lipinski definition) is 4. The molecule has 1 heterocycles. The Bertz CT molecular complexity index is 430. The maximum Gasteiger partial charge on any atom is 0.320 e. The van der Waals surface area contributed by atoms with Gasteiger partial charge in [0.15, 0.2) is 0 Å². The third-order valence-corrected chi connectivity index (χ3v) is 2.51. The van der Waals surface area contributed by atoms with Crippen LogP contribution in [-0.4, -0.2) is 22.3 Å². The van der Waals surface area contributed by atoms with Crippen LogP contribution in [0.3, 0.4) is 0 Å². The zero-order valence-electron chi connectivity index (χ0n) is 8.03. The first-order chi connectivity index (χ1) is 7.09. The predicted molar refractivity (Wildman–Crippen MR) is 50.6 cm³/mol. The third kappa shape index (κ3) is 1.94. The van der Waals surface area contributed by atoms with Crippen molar-refractivity contribution in [2.75, 3.05) is 0 Å². The SMILES string of the molecule is N[C@H](Cc1c(C2CC2)o[nH]c1=O)C(=O)O. The van der Waals surface area contributed by atoms with E-state index in [0.717, 1.165) is 12.8 Å². The highest BCUT2D eigenvalue weighted by atomic mass is 16.5. The summed E-state index contributed by atoms with van der Waals surface area (Å²) in [5, 5.41) is 10.9. The number of aromatic nitrogens is 1. The van der Waals surface area contributed by atoms with Gasteiger partial charge in [0.1, 0.15) is 11.8 Å². The van der Waals surface area contributed by atoms with Gasteiger partial charge in [-0.1, -0.05) is 0 Å². The lowest BCUT2D eigenvalue weighted by atomic mass is 10.1. The molecule has 0 bridgehead atoms. The highest BCUT2D eigenvalue weighted by Gasteiger charge is 2.32. The van der Waals surface area contributed by atoms with E-state index in [1.165, 1.54) is 0 Å². The standard InChI is InChI=1S/C9H12N2O4/c10-6(9(13)14)3-5-7(4-1-2-4)15-11-8(5)12/h4,6H,1-3,10H2,(H,11,12)(H,13,14)/t6-/m1/s1. The van der Waals surface area contributed by atoms with Crippen LogP contribution < -0.4 is 11.3 Å². The van der Waals surface area contributed by atoms with Crippen LogP contribution in [-0.2, 0) is 11.2 Å². The number of nitrogens with two attached hydrogens (primary N) is 1. The summed E-state index contributed by atoms with van der Waals surface area (Å²) in [6.07, 6.45) is 1.99. The molecule has 0 aliphatic heterocycles. The molecule has 2 rings (SSSR count). The van der Waals surface area contributed by atoms with E-state index in [4.69, 9.17) is 15.4 Å². The lowest BCUT2D eigenvalue weighted by molar-refractivity contribution is -0.138. The average molecular weight is 212 g/mol. The van der Waals surface area contributed by atoms with E-state index in [9.17, 15) is 9.59 Å². The van der Waals surface area contributed by atoms with Crippen molar-refractivity contribution in [1.29, 1.82) is 0 Å². The van der Waals surface area contributed by atoms with Gasteiger partial charge >= 0.3 is 5.97 Å². The third-order valence-electron chi connectivity index (χ3n) is 2.51. The van der Waals surface area contributed by atoms with Gasteiger partial charge in [-0.2, -0.15) is 5.16 Å². The van der Waals surface area contributed by atoms with Crippen LogP contribution in [0.1, 0.15) is 30.1 Å². The van der Waals surface area contributed by atoms with Gasteiger partial charge in [-0.15, -0.1) is 0 Å². The fourth-order valence-corrected chi connectivity index (χ4v) is 1.51. The molecule has 6 nitrogen and oxygen atoms in total. The number of aromatic amines is 1. The highest BCUT2D eigenvalue weighted by Crippen LogP contribution is 2.40. The fraction of sp³-hybridized carbons (Fsp3) is 0.556. The molecule has 15 heavy (non-hydrogen) atoms. The van der Waals surface area contributed by atoms with Gasteiger partial charge in [0, 0.05) is 12.3 Å². The van der Waals surface area contributed by atoms with Crippen molar-refractivity contribution in [2.45, 2.75) is 31.2 Å². The molecule has 1 saturated carbocycles. The van der Waals surface area contributed by atoms with Crippen molar-refractivity contribution >= 4 is 5.97 Å². The molecule has 1 fully saturated rings. The van der Waals surface area contributed by atoms with E-state index in [0.29, 0.717) is 11.3 Å². The number of carboxylic acid groups (broad SMARTS) is 1. The van der Waals surface area contributed by atoms with Crippen molar-refractivity contribution in [1.82, 2.24) is 5.16 Å². The van der Waals surface area contributed by atoms with Gasteiger partial charge in [0.25, 0.3) is 5.56 Å². The minimum absolute atomic E-state index is 0.0208. The summed E-state index contributed by atoms with van der Waals surface area (Å²) < 4.78 is 5.01. The Balaban J connectivity index is 2.22. The number of carbonyl (C=O) groups is 1. The first-order valence-electron chi connectivity index (χ1n) is 4.78. The van der Waals surface area contributed by atoms with E-state index < -0.39 is 12.0 Å². The van der Waals surface area contributed by atoms with E-state index in [2.05, 4.69) is 5.16 Å². The Morgan fingerprint density at radius 2 is 2.33 bits per heavy atom. The van der Waals surface area contributed by atoms with Crippen molar-refractivity contribution in [2.24, 2.45) is 5.73 Å². The zero-order chi connectivity index (χ0) is 11.0. The molecular formula is C9H12N2O4. The first-order valence-corrected chi connectivity index (χ1v) is 4.78. The highest BCUT2D eigenvalue weighted by molar-refractivity contribution is 5.73. The monoisotopic (exact) mass is 212 g/mol. The zero-order valence-corrected chi connectivity index (χ0v) is 8.03. The van der Waals surface area contributed by atoms with Gasteiger partial charge in [0.2, 0.25) is 0 Å². The Morgan fingerprint density at radius 1 is 1.67 bits per heavy atom. The number of nitrogens with one attached hydrogen (secondary N) is 1. The average Bonchev–Trinajstić information content (AvgIpc) is 2.95. The van der Waals surface area contributed by atoms with Gasteiger partial charge in [-0.05, 0) is 12.8 Å². The Kier molecular flexibility index (Phi) is 2.36. The van der Waals surface area contributed by atoms with Crippen LogP contribution in [0.25, 0.3) is 0 Å². The lowest BCUT2D eigenvalue weighted by Gasteiger charge is -2.03. The molecule has 1 atom stereocenters. The van der Waals surface area contributed by atoms with Crippen molar-refractivity contribution < 1.29 is 14.4 Å². The molecule has 4 N–H and O–H groups in total. The van der Waals surface area contributed by atoms with Gasteiger partial charge in [-0.25, -0.2) is 0 Å². The number of rotatable bonds is 4. The molecule has 0 radical (unpaired) electrons. The second-order valence-electron chi connectivity index (χ2n) is 3.80. The van der Waals surface area contributed by atoms with Crippen LogP contribution in [0, 0.1) is 0 Å². The van der Waals surface area contributed by atoms with Crippen LogP contribution >= 0.6 is 0 Å². The van der Waals surface area contributed by atoms with E-state index in [1.54, 1.807) is 0 Å². The second kappa shape index (κ2) is 3.54. The molecule has 82 valence electrons. The van der Waals surface area contributed by atoms with Crippen LogP contribution in [0.5, 0.6) is 0 Å². The molecule has 0 unspecified atom stereocenters. The number of H-pyrrole nitrogens is 1. The largest absolute Gasteiger partial charge is 0.480 e. The summed E-state index contributed by atoms with van der Waals surface area (Å²) in [7, 11) is 0. The minimum atomic E-state index is -1.11. The molecule has 0 aromatic carbocycles. The Labute approximate surface area is 85.0 Å². The molecule has 1 aromatic rings. The summed E-state index contributed by atoms with van der Waals surface area (Å²) in [5.41, 5.74) is 5.39. The Morgan fingerprint density at radius 3 is 2.87 bits per heavy atom. The summed E-state index contributed by atoms with van der Waals surface area (Å²) in [4.78, 5) is 21.9. The van der Waals surface area contributed by atoms with Crippen LogP contribution in [0.15, 0.2) is 9.32 Å². The maximum absolute atomic E-state index is 11.3. The molecule has 1 aliphatic carbocycles. The maximum atomic E-state index is 11.3. The minimum Gasteiger partial charge on any atom is -0.480 e. The number of hydrogen-bond donors (Lipinski definition) is 3. The number of carboxylic acids is 1. The smallest absolute Gasteiger partial charge is 0.320 e. The van der Waals surface area contributed by atoms with Gasteiger partial charge < -0.3 is 15.4 Å². The van der Waals surface area contributed by atoms with Crippen LogP contribution in [0.4, 0.5) is 0 Å². The summed E-state index contributed by atoms with van der Waals surface area (Å²) in [6.45, 7) is 0. The summed E-state index contributed by atoms with van der Waals surface area (Å²) >= 11 is 0. The van der Waals surface area contributed by atoms with Gasteiger partial charge in [0.05, 0.1) is 5.56 Å².